The summed E-state index contributed by atoms with van der Waals surface area (Å²) in [5, 5.41) is 3.14. The number of nitrogens with one attached hydrogen (secondary N) is 1. The Balaban J connectivity index is 2.26. The highest BCUT2D eigenvalue weighted by atomic mass is 32.2. The van der Waals surface area contributed by atoms with Crippen molar-refractivity contribution in [3.63, 3.8) is 0 Å². The van der Waals surface area contributed by atoms with Gasteiger partial charge in [0, 0.05) is 19.1 Å². The lowest BCUT2D eigenvalue weighted by Crippen LogP contribution is -2.38. The van der Waals surface area contributed by atoms with Crippen LogP contribution in [-0.4, -0.2) is 32.9 Å². The summed E-state index contributed by atoms with van der Waals surface area (Å²) in [6.07, 6.45) is 5.42. The standard InChI is InChI=1S/C16H26N2O2S/c1-13(17-2)14-8-7-11-16(12-14)21(19,20)18(3)15-9-5-4-6-10-15/h7-8,11-13,15,17H,4-6,9-10H2,1-3H3. The lowest BCUT2D eigenvalue weighted by molar-refractivity contribution is 0.286. The van der Waals surface area contributed by atoms with E-state index in [1.807, 2.05) is 26.1 Å². The van der Waals surface area contributed by atoms with Gasteiger partial charge < -0.3 is 5.32 Å². The van der Waals surface area contributed by atoms with Crippen LogP contribution in [0, 0.1) is 0 Å². The van der Waals surface area contributed by atoms with Crippen molar-refractivity contribution in [2.24, 2.45) is 0 Å². The Morgan fingerprint density at radius 2 is 1.90 bits per heavy atom. The Bertz CT molecular complexity index is 565. The van der Waals surface area contributed by atoms with Crippen molar-refractivity contribution in [2.45, 2.75) is 56.0 Å². The first-order valence-electron chi connectivity index (χ1n) is 7.72. The fourth-order valence-corrected chi connectivity index (χ4v) is 4.39. The van der Waals surface area contributed by atoms with Crippen molar-refractivity contribution < 1.29 is 8.42 Å². The van der Waals surface area contributed by atoms with Gasteiger partial charge in [-0.2, -0.15) is 4.31 Å². The predicted octanol–water partition coefficient (Wildman–Crippen LogP) is 2.92. The molecule has 5 heteroatoms. The van der Waals surface area contributed by atoms with E-state index in [4.69, 9.17) is 0 Å². The molecule has 1 unspecified atom stereocenters. The van der Waals surface area contributed by atoms with Crippen molar-refractivity contribution in [1.29, 1.82) is 0 Å². The first-order valence-corrected chi connectivity index (χ1v) is 9.16. The lowest BCUT2D eigenvalue weighted by atomic mass is 9.96. The molecular weight excluding hydrogens is 284 g/mol. The summed E-state index contributed by atoms with van der Waals surface area (Å²) in [7, 11) is 0.199. The topological polar surface area (TPSA) is 49.4 Å². The van der Waals surface area contributed by atoms with Gasteiger partial charge in [0.05, 0.1) is 4.90 Å². The van der Waals surface area contributed by atoms with E-state index in [0.717, 1.165) is 31.2 Å². The highest BCUT2D eigenvalue weighted by Crippen LogP contribution is 2.27. The highest BCUT2D eigenvalue weighted by Gasteiger charge is 2.29. The SMILES string of the molecule is CNC(C)c1cccc(S(=O)(=O)N(C)C2CCCCC2)c1. The summed E-state index contributed by atoms with van der Waals surface area (Å²) in [5.41, 5.74) is 0.996. The molecule has 1 aliphatic rings. The van der Waals surface area contributed by atoms with E-state index in [0.29, 0.717) is 4.90 Å². The second-order valence-electron chi connectivity index (χ2n) is 5.90. The second kappa shape index (κ2) is 6.90. The van der Waals surface area contributed by atoms with Crippen LogP contribution in [0.5, 0.6) is 0 Å². The van der Waals surface area contributed by atoms with Gasteiger partial charge in [-0.3, -0.25) is 0 Å². The van der Waals surface area contributed by atoms with Crippen LogP contribution in [0.4, 0.5) is 0 Å². The summed E-state index contributed by atoms with van der Waals surface area (Å²) in [6, 6.07) is 7.55. The summed E-state index contributed by atoms with van der Waals surface area (Å²) in [6.45, 7) is 2.02. The third kappa shape index (κ3) is 3.65. The largest absolute Gasteiger partial charge is 0.313 e. The molecule has 4 nitrogen and oxygen atoms in total. The Hall–Kier alpha value is -0.910. The molecular formula is C16H26N2O2S. The molecule has 0 heterocycles. The van der Waals surface area contributed by atoms with Crippen LogP contribution >= 0.6 is 0 Å². The molecule has 118 valence electrons. The van der Waals surface area contributed by atoms with Crippen molar-refractivity contribution in [2.75, 3.05) is 14.1 Å². The Kier molecular flexibility index (Phi) is 5.41. The summed E-state index contributed by atoms with van der Waals surface area (Å²) < 4.78 is 27.2. The molecule has 0 aromatic heterocycles. The fourth-order valence-electron chi connectivity index (χ4n) is 2.92. The average Bonchev–Trinajstić information content (AvgIpc) is 2.54. The Morgan fingerprint density at radius 1 is 1.24 bits per heavy atom. The zero-order valence-corrected chi connectivity index (χ0v) is 14.0. The number of nitrogens with zero attached hydrogens (tertiary/aromatic N) is 1. The van der Waals surface area contributed by atoms with E-state index >= 15 is 0 Å². The number of benzene rings is 1. The van der Waals surface area contributed by atoms with Crippen molar-refractivity contribution in [3.05, 3.63) is 29.8 Å². The van der Waals surface area contributed by atoms with Gasteiger partial charge in [-0.1, -0.05) is 31.4 Å². The number of sulfonamides is 1. The third-order valence-corrected chi connectivity index (χ3v) is 6.46. The summed E-state index contributed by atoms with van der Waals surface area (Å²) in [5.74, 6) is 0. The summed E-state index contributed by atoms with van der Waals surface area (Å²) in [4.78, 5) is 0.398. The maximum absolute atomic E-state index is 12.8. The number of hydrogen-bond acceptors (Lipinski definition) is 3. The minimum atomic E-state index is -3.40. The zero-order chi connectivity index (χ0) is 15.5. The van der Waals surface area contributed by atoms with Gasteiger partial charge in [-0.15, -0.1) is 0 Å². The van der Waals surface area contributed by atoms with Crippen LogP contribution in [0.25, 0.3) is 0 Å². The Morgan fingerprint density at radius 3 is 2.52 bits per heavy atom. The van der Waals surface area contributed by atoms with Crippen LogP contribution < -0.4 is 5.32 Å². The highest BCUT2D eigenvalue weighted by molar-refractivity contribution is 7.89. The van der Waals surface area contributed by atoms with Gasteiger partial charge in [-0.25, -0.2) is 8.42 Å². The molecule has 1 aromatic rings. The van der Waals surface area contributed by atoms with E-state index in [-0.39, 0.29) is 12.1 Å². The van der Waals surface area contributed by atoms with Crippen LogP contribution in [-0.2, 0) is 10.0 Å². The van der Waals surface area contributed by atoms with Gasteiger partial charge in [0.2, 0.25) is 10.0 Å². The lowest BCUT2D eigenvalue weighted by Gasteiger charge is -2.30. The quantitative estimate of drug-likeness (QED) is 0.909. The molecule has 1 N–H and O–H groups in total. The van der Waals surface area contributed by atoms with Crippen molar-refractivity contribution >= 4 is 10.0 Å². The molecule has 1 atom stereocenters. The molecule has 0 amide bonds. The smallest absolute Gasteiger partial charge is 0.243 e. The number of rotatable bonds is 5. The van der Waals surface area contributed by atoms with E-state index in [1.54, 1.807) is 23.5 Å². The van der Waals surface area contributed by atoms with Crippen LogP contribution in [0.2, 0.25) is 0 Å². The van der Waals surface area contributed by atoms with E-state index in [1.165, 1.54) is 6.42 Å². The van der Waals surface area contributed by atoms with E-state index in [9.17, 15) is 8.42 Å². The van der Waals surface area contributed by atoms with Gasteiger partial charge in [0.15, 0.2) is 0 Å². The second-order valence-corrected chi connectivity index (χ2v) is 7.89. The summed E-state index contributed by atoms with van der Waals surface area (Å²) >= 11 is 0. The average molecular weight is 310 g/mol. The third-order valence-electron chi connectivity index (χ3n) is 4.56. The first-order chi connectivity index (χ1) is 9.96. The fraction of sp³-hybridized carbons (Fsp3) is 0.625. The molecule has 0 radical (unpaired) electrons. The van der Waals surface area contributed by atoms with Gasteiger partial charge in [0.1, 0.15) is 0 Å². The maximum Gasteiger partial charge on any atom is 0.243 e. The van der Waals surface area contributed by atoms with Gasteiger partial charge in [0.25, 0.3) is 0 Å². The molecule has 1 fully saturated rings. The van der Waals surface area contributed by atoms with Gasteiger partial charge >= 0.3 is 0 Å². The normalized spacial score (nSPS) is 18.9. The van der Waals surface area contributed by atoms with Crippen LogP contribution in [0.3, 0.4) is 0 Å². The zero-order valence-electron chi connectivity index (χ0n) is 13.2. The molecule has 1 aliphatic carbocycles. The molecule has 2 rings (SSSR count). The maximum atomic E-state index is 12.8. The van der Waals surface area contributed by atoms with E-state index in [2.05, 4.69) is 5.32 Å². The van der Waals surface area contributed by atoms with Crippen LogP contribution in [0.1, 0.15) is 50.6 Å². The molecule has 0 saturated heterocycles. The molecule has 1 aromatic carbocycles. The number of hydrogen-bond donors (Lipinski definition) is 1. The monoisotopic (exact) mass is 310 g/mol. The van der Waals surface area contributed by atoms with Crippen molar-refractivity contribution in [3.8, 4) is 0 Å². The molecule has 1 saturated carbocycles. The van der Waals surface area contributed by atoms with Gasteiger partial charge in [-0.05, 0) is 44.5 Å². The first kappa shape index (κ1) is 16.5. The minimum Gasteiger partial charge on any atom is -0.313 e. The Labute approximate surface area is 128 Å². The van der Waals surface area contributed by atoms with E-state index < -0.39 is 10.0 Å². The van der Waals surface area contributed by atoms with Crippen LogP contribution in [0.15, 0.2) is 29.2 Å². The molecule has 21 heavy (non-hydrogen) atoms. The molecule has 0 spiro atoms. The predicted molar refractivity (Wildman–Crippen MR) is 85.7 cm³/mol. The minimum absolute atomic E-state index is 0.139. The van der Waals surface area contributed by atoms with Crippen molar-refractivity contribution in [1.82, 2.24) is 9.62 Å². The molecule has 0 bridgehead atoms. The molecule has 0 aliphatic heterocycles.